The number of benzene rings is 1. The Balaban J connectivity index is 1.26. The van der Waals surface area contributed by atoms with Gasteiger partial charge in [-0.2, -0.15) is 0 Å². The molecule has 2 fully saturated rings. The lowest BCUT2D eigenvalue weighted by Crippen LogP contribution is -2.61. The van der Waals surface area contributed by atoms with Crippen LogP contribution in [0.25, 0.3) is 33.4 Å². The summed E-state index contributed by atoms with van der Waals surface area (Å²) < 4.78 is 8.24. The first-order chi connectivity index (χ1) is 30.1. The summed E-state index contributed by atoms with van der Waals surface area (Å²) in [5.41, 5.74) is 10.6. The number of aromatic nitrogens is 3. The van der Waals surface area contributed by atoms with E-state index in [1.807, 2.05) is 38.4 Å². The number of hydrogen-bond donors (Lipinski definition) is 2. The molecule has 6 heterocycles. The number of rotatable bonds is 10. The highest BCUT2D eigenvalue weighted by atomic mass is 32.1. The Bertz CT molecular complexity index is 2380. The molecule has 0 radical (unpaired) electrons. The molecule has 3 aliphatic heterocycles. The number of methoxy groups -OCH3 is 1. The molecular formula is C49H64N8O5S. The maximum atomic E-state index is 14.6. The maximum absolute atomic E-state index is 14.6. The fraction of sp³-hybridized carbons (Fsp3) is 0.510. The zero-order valence-corrected chi connectivity index (χ0v) is 39.0. The number of ether oxygens (including phenoxy) is 1. The van der Waals surface area contributed by atoms with Gasteiger partial charge in [0.1, 0.15) is 12.1 Å². The van der Waals surface area contributed by atoms with E-state index in [0.29, 0.717) is 24.5 Å². The minimum Gasteiger partial charge on any atom is -0.375 e. The van der Waals surface area contributed by atoms with E-state index in [2.05, 4.69) is 79.1 Å². The van der Waals surface area contributed by atoms with Crippen molar-refractivity contribution in [3.8, 4) is 22.5 Å². The maximum Gasteiger partial charge on any atom is 0.259 e. The summed E-state index contributed by atoms with van der Waals surface area (Å²) in [5.74, 6) is -1.75. The lowest BCUT2D eigenvalue weighted by molar-refractivity contribution is -0.146. The minimum atomic E-state index is -0.945. The topological polar surface area (TPSA) is 142 Å². The summed E-state index contributed by atoms with van der Waals surface area (Å²) in [4.78, 5) is 68.2. The number of likely N-dealkylation sites (tertiary alicyclic amines) is 1. The third-order valence-corrected chi connectivity index (χ3v) is 13.9. The lowest BCUT2D eigenvalue weighted by Gasteiger charge is -2.36. The van der Waals surface area contributed by atoms with Crippen LogP contribution < -0.4 is 10.7 Å². The summed E-state index contributed by atoms with van der Waals surface area (Å²) in [7, 11) is 3.36. The van der Waals surface area contributed by atoms with Crippen molar-refractivity contribution in [2.24, 2.45) is 17.3 Å². The average Bonchev–Trinajstić information content (AvgIpc) is 4.03. The van der Waals surface area contributed by atoms with E-state index in [4.69, 9.17) is 14.7 Å². The zero-order chi connectivity index (χ0) is 45.2. The highest BCUT2D eigenvalue weighted by Crippen LogP contribution is 2.42. The number of allylic oxidation sites excluding steroid dienone is 1. The second-order valence-corrected chi connectivity index (χ2v) is 19.4. The van der Waals surface area contributed by atoms with Crippen molar-refractivity contribution in [2.45, 2.75) is 111 Å². The number of nitrogens with zero attached hydrogens (tertiary/aromatic N) is 6. The van der Waals surface area contributed by atoms with Crippen molar-refractivity contribution >= 4 is 45.9 Å². The van der Waals surface area contributed by atoms with E-state index in [1.165, 1.54) is 27.9 Å². The molecule has 4 amide bonds. The largest absolute Gasteiger partial charge is 0.375 e. The molecular weight excluding hydrogens is 813 g/mol. The van der Waals surface area contributed by atoms with Gasteiger partial charge in [-0.1, -0.05) is 52.5 Å². The Kier molecular flexibility index (Phi) is 14.0. The molecule has 63 heavy (non-hydrogen) atoms. The van der Waals surface area contributed by atoms with Crippen LogP contribution in [0.15, 0.2) is 66.7 Å². The first kappa shape index (κ1) is 45.8. The third-order valence-electron chi connectivity index (χ3n) is 13.0. The predicted octanol–water partition coefficient (Wildman–Crippen LogP) is 7.12. The number of fused-ring (bicyclic) bond motifs is 6. The van der Waals surface area contributed by atoms with Crippen LogP contribution in [0.3, 0.4) is 0 Å². The number of likely N-dealkylation sites (N-methyl/N-ethyl adjacent to an activating group) is 1. The molecule has 7 rings (SSSR count). The number of carbonyl (C=O) groups excluding carboxylic acids is 4. The van der Waals surface area contributed by atoms with Crippen LogP contribution in [0.5, 0.6) is 0 Å². The van der Waals surface area contributed by atoms with Crippen LogP contribution in [-0.2, 0) is 43.3 Å². The van der Waals surface area contributed by atoms with Gasteiger partial charge in [-0.05, 0) is 93.2 Å². The molecule has 6 bridgehead atoms. The molecule has 2 N–H and O–H groups in total. The number of pyridine rings is 1. The van der Waals surface area contributed by atoms with Gasteiger partial charge in [0.25, 0.3) is 5.91 Å². The summed E-state index contributed by atoms with van der Waals surface area (Å²) in [6.45, 7) is 18.2. The second kappa shape index (κ2) is 19.3. The van der Waals surface area contributed by atoms with E-state index in [0.717, 1.165) is 71.3 Å². The van der Waals surface area contributed by atoms with E-state index < -0.39 is 23.9 Å². The van der Waals surface area contributed by atoms with E-state index >= 15 is 0 Å². The fourth-order valence-electron chi connectivity index (χ4n) is 9.66. The smallest absolute Gasteiger partial charge is 0.259 e. The molecule has 2 saturated heterocycles. The lowest BCUT2D eigenvalue weighted by atomic mass is 9.80. The Morgan fingerprint density at radius 2 is 1.95 bits per heavy atom. The van der Waals surface area contributed by atoms with Crippen LogP contribution >= 0.6 is 11.3 Å². The number of hydrazine groups is 1. The molecule has 0 spiro atoms. The molecule has 3 aliphatic rings. The van der Waals surface area contributed by atoms with E-state index in [1.54, 1.807) is 24.1 Å². The summed E-state index contributed by atoms with van der Waals surface area (Å²) in [5, 5.41) is 8.66. The number of aryl methyl sites for hydroxylation is 1. The Morgan fingerprint density at radius 1 is 1.16 bits per heavy atom. The van der Waals surface area contributed by atoms with Crippen molar-refractivity contribution in [1.29, 1.82) is 0 Å². The van der Waals surface area contributed by atoms with Crippen molar-refractivity contribution in [3.05, 3.63) is 83.0 Å². The van der Waals surface area contributed by atoms with Crippen LogP contribution in [0.2, 0.25) is 0 Å². The monoisotopic (exact) mass is 876 g/mol. The highest BCUT2D eigenvalue weighted by Gasteiger charge is 2.39. The third kappa shape index (κ3) is 9.68. The van der Waals surface area contributed by atoms with Crippen molar-refractivity contribution in [3.63, 3.8) is 0 Å². The van der Waals surface area contributed by atoms with Gasteiger partial charge >= 0.3 is 0 Å². The van der Waals surface area contributed by atoms with Crippen LogP contribution in [0.1, 0.15) is 89.6 Å². The number of hydrogen-bond acceptors (Lipinski definition) is 9. The Hall–Kier alpha value is -5.18. The standard InChI is InChI=1S/C49H64N8O5S/c1-10-42(58)55-24-20-33(28-55)47(60)54(8)44(30(3)4)46(59)52-38-26-41-51-39(29-63-41)32-18-19-40-36(25-32)37(45(56(40)11-2)35-17-13-22-50-43(35)31(5)62-9)27-49(6,7)21-12-15-34-16-14-23-57(53-34)48(38)61/h10,12-13,15,17-19,22,25,29-31,33-34,38,44,53H,1,11,14,16,20-21,23-24,26-28H2,2-9H3,(H,52,59)/b15-12+/t31-,33-,34+,38-,44-/m0/s1. The number of amides is 4. The average molecular weight is 877 g/mol. The van der Waals surface area contributed by atoms with Gasteiger partial charge in [0.05, 0.1) is 34.1 Å². The predicted molar refractivity (Wildman–Crippen MR) is 248 cm³/mol. The number of nitrogens with one attached hydrogen (secondary N) is 2. The molecule has 0 saturated carbocycles. The summed E-state index contributed by atoms with van der Waals surface area (Å²) in [6.07, 6.45) is 11.3. The molecule has 5 atom stereocenters. The van der Waals surface area contributed by atoms with E-state index in [-0.39, 0.29) is 54.2 Å². The molecule has 1 aromatic carbocycles. The molecule has 14 heteroatoms. The van der Waals surface area contributed by atoms with Crippen molar-refractivity contribution < 1.29 is 23.9 Å². The highest BCUT2D eigenvalue weighted by molar-refractivity contribution is 7.10. The van der Waals surface area contributed by atoms with E-state index in [9.17, 15) is 19.2 Å². The fourth-order valence-corrected chi connectivity index (χ4v) is 10.5. The molecule has 13 nitrogen and oxygen atoms in total. The second-order valence-electron chi connectivity index (χ2n) is 18.5. The first-order valence-corrected chi connectivity index (χ1v) is 23.3. The van der Waals surface area contributed by atoms with Gasteiger partial charge in [0.2, 0.25) is 17.7 Å². The van der Waals surface area contributed by atoms with Gasteiger partial charge in [0, 0.05) is 86.4 Å². The van der Waals surface area contributed by atoms with Crippen LogP contribution in [-0.4, -0.2) is 105 Å². The first-order valence-electron chi connectivity index (χ1n) is 22.4. The van der Waals surface area contributed by atoms with Crippen LogP contribution in [0.4, 0.5) is 0 Å². The Labute approximate surface area is 375 Å². The van der Waals surface area contributed by atoms with Gasteiger partial charge in [-0.25, -0.2) is 10.4 Å². The van der Waals surface area contributed by atoms with Crippen molar-refractivity contribution in [1.82, 2.24) is 40.1 Å². The zero-order valence-electron chi connectivity index (χ0n) is 38.1. The van der Waals surface area contributed by atoms with Crippen molar-refractivity contribution in [2.75, 3.05) is 33.8 Å². The summed E-state index contributed by atoms with van der Waals surface area (Å²) in [6, 6.07) is 8.87. The van der Waals surface area contributed by atoms with Crippen LogP contribution in [0, 0.1) is 17.3 Å². The number of thiazole rings is 1. The normalized spacial score (nSPS) is 21.8. The minimum absolute atomic E-state index is 0.0695. The molecule has 0 aliphatic carbocycles. The molecule has 336 valence electrons. The quantitative estimate of drug-likeness (QED) is 0.127. The summed E-state index contributed by atoms with van der Waals surface area (Å²) >= 11 is 1.47. The van der Waals surface area contributed by atoms with Gasteiger partial charge in [0.15, 0.2) is 0 Å². The SMILES string of the molecule is C=CC(=O)N1CC[C@H](C(=O)N(C)[C@H](C(=O)N[C@H]2Cc3nc(cs3)-c3ccc4c(c3)c(c(-c3cccnc3[C@H](C)OC)n4CC)CC(C)(C)C/C=C/[C@@H]3CCCN(N3)C2=O)C(C)C)C1. The Morgan fingerprint density at radius 3 is 2.68 bits per heavy atom. The molecule has 0 unspecified atom stereocenters. The van der Waals surface area contributed by atoms with Gasteiger partial charge in [-0.15, -0.1) is 11.3 Å². The molecule has 4 aromatic rings. The van der Waals surface area contributed by atoms with Gasteiger partial charge < -0.3 is 24.4 Å². The molecule has 3 aromatic heterocycles. The number of carbonyl (C=O) groups is 4. The van der Waals surface area contributed by atoms with Gasteiger partial charge in [-0.3, -0.25) is 29.2 Å².